The number of halogens is 3. The van der Waals surface area contributed by atoms with Crippen LogP contribution in [-0.4, -0.2) is 9.55 Å². The predicted molar refractivity (Wildman–Crippen MR) is 89.1 cm³/mol. The molecular formula is C18H16F3N3O. The summed E-state index contributed by atoms with van der Waals surface area (Å²) in [6.45, 7) is 1.91. The zero-order chi connectivity index (χ0) is 18.1. The third kappa shape index (κ3) is 3.15. The minimum atomic E-state index is -0.856. The third-order valence-corrected chi connectivity index (χ3v) is 3.91. The molecule has 4 nitrogen and oxygen atoms in total. The minimum absolute atomic E-state index is 0.0818. The second-order valence-electron chi connectivity index (χ2n) is 5.77. The highest BCUT2D eigenvalue weighted by molar-refractivity contribution is 5.78. The Balaban J connectivity index is 2.41. The van der Waals surface area contributed by atoms with E-state index < -0.39 is 29.1 Å². The van der Waals surface area contributed by atoms with E-state index in [0.717, 1.165) is 29.2 Å². The van der Waals surface area contributed by atoms with Crippen molar-refractivity contribution in [3.63, 3.8) is 0 Å². The van der Waals surface area contributed by atoms with Crippen molar-refractivity contribution in [1.82, 2.24) is 9.55 Å². The van der Waals surface area contributed by atoms with E-state index in [4.69, 9.17) is 5.73 Å². The first-order valence-corrected chi connectivity index (χ1v) is 7.85. The topological polar surface area (TPSA) is 60.9 Å². The molecule has 0 radical (unpaired) electrons. The number of nitrogens with zero attached hydrogens (tertiary/aromatic N) is 2. The second kappa shape index (κ2) is 6.68. The molecule has 3 aromatic rings. The van der Waals surface area contributed by atoms with E-state index in [1.165, 1.54) is 12.1 Å². The van der Waals surface area contributed by atoms with Gasteiger partial charge in [-0.1, -0.05) is 19.4 Å². The molecule has 0 bridgehead atoms. The van der Waals surface area contributed by atoms with Crippen LogP contribution in [0.3, 0.4) is 0 Å². The van der Waals surface area contributed by atoms with Gasteiger partial charge in [0, 0.05) is 6.07 Å². The van der Waals surface area contributed by atoms with E-state index in [0.29, 0.717) is 12.5 Å². The highest BCUT2D eigenvalue weighted by atomic mass is 19.1. The SMILES string of the molecule is CCCC(N)c1nc2cccc(F)c2c(=O)n1-c1cc(F)cc(F)c1. The third-order valence-electron chi connectivity index (χ3n) is 3.91. The van der Waals surface area contributed by atoms with Crippen LogP contribution in [0.1, 0.15) is 31.6 Å². The Bertz CT molecular complexity index is 981. The largest absolute Gasteiger partial charge is 0.321 e. The van der Waals surface area contributed by atoms with E-state index in [2.05, 4.69) is 4.98 Å². The summed E-state index contributed by atoms with van der Waals surface area (Å²) in [6, 6.07) is 6.09. The number of benzene rings is 2. The average Bonchev–Trinajstić information content (AvgIpc) is 2.53. The number of aromatic nitrogens is 2. The van der Waals surface area contributed by atoms with Crippen molar-refractivity contribution >= 4 is 10.9 Å². The van der Waals surface area contributed by atoms with Gasteiger partial charge in [-0.15, -0.1) is 0 Å². The molecule has 0 aliphatic carbocycles. The van der Waals surface area contributed by atoms with Gasteiger partial charge in [0.25, 0.3) is 5.56 Å². The molecule has 0 saturated heterocycles. The van der Waals surface area contributed by atoms with Crippen LogP contribution in [0.15, 0.2) is 41.2 Å². The van der Waals surface area contributed by atoms with E-state index in [9.17, 15) is 18.0 Å². The van der Waals surface area contributed by atoms with Crippen molar-refractivity contribution in [2.24, 2.45) is 5.73 Å². The summed E-state index contributed by atoms with van der Waals surface area (Å²) in [5, 5.41) is -0.250. The number of rotatable bonds is 4. The molecule has 0 aliphatic heterocycles. The maximum atomic E-state index is 14.1. The molecule has 0 saturated carbocycles. The summed E-state index contributed by atoms with van der Waals surface area (Å²) in [7, 11) is 0. The van der Waals surface area contributed by atoms with Crippen molar-refractivity contribution < 1.29 is 13.2 Å². The van der Waals surface area contributed by atoms with Crippen LogP contribution in [0.4, 0.5) is 13.2 Å². The zero-order valence-electron chi connectivity index (χ0n) is 13.5. The molecule has 0 fully saturated rings. The zero-order valence-corrected chi connectivity index (χ0v) is 13.5. The first-order chi connectivity index (χ1) is 11.9. The Morgan fingerprint density at radius 3 is 2.48 bits per heavy atom. The van der Waals surface area contributed by atoms with Gasteiger partial charge >= 0.3 is 0 Å². The molecule has 2 N–H and O–H groups in total. The summed E-state index contributed by atoms with van der Waals surface area (Å²) >= 11 is 0. The molecule has 7 heteroatoms. The summed E-state index contributed by atoms with van der Waals surface area (Å²) < 4.78 is 42.4. The van der Waals surface area contributed by atoms with E-state index in [1.54, 1.807) is 0 Å². The number of hydrogen-bond acceptors (Lipinski definition) is 3. The van der Waals surface area contributed by atoms with Gasteiger partial charge in [-0.2, -0.15) is 0 Å². The molecule has 1 unspecified atom stereocenters. The molecule has 0 amide bonds. The van der Waals surface area contributed by atoms with Gasteiger partial charge in [0.15, 0.2) is 0 Å². The van der Waals surface area contributed by atoms with Crippen LogP contribution in [0, 0.1) is 17.5 Å². The lowest BCUT2D eigenvalue weighted by atomic mass is 10.1. The van der Waals surface area contributed by atoms with Crippen LogP contribution in [0.2, 0.25) is 0 Å². The van der Waals surface area contributed by atoms with Gasteiger partial charge in [-0.3, -0.25) is 9.36 Å². The maximum absolute atomic E-state index is 14.1. The Kier molecular flexibility index (Phi) is 4.59. The van der Waals surface area contributed by atoms with Gasteiger partial charge in [-0.05, 0) is 30.7 Å². The van der Waals surface area contributed by atoms with Crippen molar-refractivity contribution in [3.8, 4) is 5.69 Å². The summed E-state index contributed by atoms with van der Waals surface area (Å²) in [4.78, 5) is 17.2. The monoisotopic (exact) mass is 347 g/mol. The van der Waals surface area contributed by atoms with Crippen LogP contribution in [-0.2, 0) is 0 Å². The molecule has 25 heavy (non-hydrogen) atoms. The Morgan fingerprint density at radius 2 is 1.84 bits per heavy atom. The Morgan fingerprint density at radius 1 is 1.16 bits per heavy atom. The molecule has 3 rings (SSSR count). The fourth-order valence-corrected chi connectivity index (χ4v) is 2.81. The van der Waals surface area contributed by atoms with Gasteiger partial charge in [0.1, 0.15) is 28.7 Å². The normalized spacial score (nSPS) is 12.5. The van der Waals surface area contributed by atoms with Crippen molar-refractivity contribution in [3.05, 3.63) is 70.0 Å². The molecule has 1 atom stereocenters. The molecular weight excluding hydrogens is 331 g/mol. The maximum Gasteiger partial charge on any atom is 0.269 e. The fourth-order valence-electron chi connectivity index (χ4n) is 2.81. The average molecular weight is 347 g/mol. The van der Waals surface area contributed by atoms with Crippen molar-refractivity contribution in [2.75, 3.05) is 0 Å². The van der Waals surface area contributed by atoms with Crippen molar-refractivity contribution in [1.29, 1.82) is 0 Å². The standard InChI is InChI=1S/C18H16F3N3O/c1-2-4-14(22)17-23-15-6-3-5-13(21)16(15)18(25)24(17)12-8-10(19)7-11(20)9-12/h3,5-9,14H,2,4,22H2,1H3. The lowest BCUT2D eigenvalue weighted by molar-refractivity contribution is 0.567. The molecule has 0 spiro atoms. The number of hydrogen-bond donors (Lipinski definition) is 1. The Labute approximate surface area is 141 Å². The van der Waals surface area contributed by atoms with Gasteiger partial charge < -0.3 is 5.73 Å². The van der Waals surface area contributed by atoms with Gasteiger partial charge in [-0.25, -0.2) is 18.2 Å². The first-order valence-electron chi connectivity index (χ1n) is 7.85. The van der Waals surface area contributed by atoms with Crippen LogP contribution >= 0.6 is 0 Å². The molecule has 130 valence electrons. The first kappa shape index (κ1) is 17.2. The Hall–Kier alpha value is -2.67. The summed E-state index contributed by atoms with van der Waals surface area (Å²) in [5.74, 6) is -2.33. The van der Waals surface area contributed by atoms with Gasteiger partial charge in [0.2, 0.25) is 0 Å². The quantitative estimate of drug-likeness (QED) is 0.784. The smallest absolute Gasteiger partial charge is 0.269 e. The van der Waals surface area contributed by atoms with Crippen molar-refractivity contribution in [2.45, 2.75) is 25.8 Å². The van der Waals surface area contributed by atoms with Crippen LogP contribution < -0.4 is 11.3 Å². The fraction of sp³-hybridized carbons (Fsp3) is 0.222. The van der Waals surface area contributed by atoms with Gasteiger partial charge in [0.05, 0.1) is 17.2 Å². The summed E-state index contributed by atoms with van der Waals surface area (Å²) in [6.07, 6.45) is 1.22. The second-order valence-corrected chi connectivity index (χ2v) is 5.77. The van der Waals surface area contributed by atoms with Crippen LogP contribution in [0.25, 0.3) is 16.6 Å². The van der Waals surface area contributed by atoms with E-state index in [-0.39, 0.29) is 22.4 Å². The molecule has 1 heterocycles. The van der Waals surface area contributed by atoms with E-state index in [1.807, 2.05) is 6.92 Å². The highest BCUT2D eigenvalue weighted by Crippen LogP contribution is 2.22. The van der Waals surface area contributed by atoms with E-state index >= 15 is 0 Å². The number of fused-ring (bicyclic) bond motifs is 1. The minimum Gasteiger partial charge on any atom is -0.321 e. The number of nitrogens with two attached hydrogens (primary N) is 1. The molecule has 1 aromatic heterocycles. The summed E-state index contributed by atoms with van der Waals surface area (Å²) in [5.41, 5.74) is 5.43. The molecule has 0 aliphatic rings. The van der Waals surface area contributed by atoms with Crippen LogP contribution in [0.5, 0.6) is 0 Å². The molecule has 2 aromatic carbocycles. The predicted octanol–water partition coefficient (Wildman–Crippen LogP) is 3.60. The lowest BCUT2D eigenvalue weighted by Gasteiger charge is -2.18. The lowest BCUT2D eigenvalue weighted by Crippen LogP contribution is -2.29. The highest BCUT2D eigenvalue weighted by Gasteiger charge is 2.20.